The van der Waals surface area contributed by atoms with Crippen LogP contribution in [0.25, 0.3) is 0 Å². The Labute approximate surface area is 116 Å². The highest BCUT2D eigenvalue weighted by Crippen LogP contribution is 2.32. The molecule has 1 aromatic carbocycles. The van der Waals surface area contributed by atoms with E-state index in [1.807, 2.05) is 0 Å². The van der Waals surface area contributed by atoms with Crippen LogP contribution in [-0.4, -0.2) is 13.7 Å². The maximum Gasteiger partial charge on any atom is 0.123 e. The van der Waals surface area contributed by atoms with Crippen molar-refractivity contribution in [3.05, 3.63) is 29.6 Å². The molecule has 1 rings (SSSR count). The summed E-state index contributed by atoms with van der Waals surface area (Å²) in [6.07, 6.45) is 3.30. The quantitative estimate of drug-likeness (QED) is 0.757. The molecule has 0 fully saturated rings. The molecule has 0 amide bonds. The molecule has 19 heavy (non-hydrogen) atoms. The average molecular weight is 267 g/mol. The van der Waals surface area contributed by atoms with E-state index in [4.69, 9.17) is 4.74 Å². The van der Waals surface area contributed by atoms with Crippen molar-refractivity contribution in [3.8, 4) is 5.75 Å². The minimum atomic E-state index is -0.206. The maximum atomic E-state index is 13.5. The molecule has 0 aromatic heterocycles. The summed E-state index contributed by atoms with van der Waals surface area (Å²) >= 11 is 0. The molecule has 3 heteroatoms. The predicted molar refractivity (Wildman–Crippen MR) is 78.1 cm³/mol. The number of benzene rings is 1. The van der Waals surface area contributed by atoms with E-state index in [1.54, 1.807) is 19.2 Å². The zero-order valence-corrected chi connectivity index (χ0v) is 12.5. The second kappa shape index (κ2) is 8.16. The first-order valence-corrected chi connectivity index (χ1v) is 7.20. The molecule has 2 unspecified atom stereocenters. The Morgan fingerprint density at radius 3 is 2.58 bits per heavy atom. The largest absolute Gasteiger partial charge is 0.496 e. The fourth-order valence-electron chi connectivity index (χ4n) is 2.49. The molecule has 0 aliphatic heterocycles. The van der Waals surface area contributed by atoms with Crippen molar-refractivity contribution in [1.82, 2.24) is 5.32 Å². The fraction of sp³-hybridized carbons (Fsp3) is 0.625. The highest BCUT2D eigenvalue weighted by molar-refractivity contribution is 5.36. The minimum Gasteiger partial charge on any atom is -0.496 e. The lowest BCUT2D eigenvalue weighted by Gasteiger charge is -2.27. The number of hydrogen-bond acceptors (Lipinski definition) is 2. The van der Waals surface area contributed by atoms with Gasteiger partial charge in [-0.2, -0.15) is 0 Å². The molecule has 108 valence electrons. The summed E-state index contributed by atoms with van der Waals surface area (Å²) in [6, 6.07) is 4.90. The first kappa shape index (κ1) is 16.0. The topological polar surface area (TPSA) is 21.3 Å². The van der Waals surface area contributed by atoms with E-state index in [1.165, 1.54) is 6.07 Å². The number of methoxy groups -OCH3 is 1. The van der Waals surface area contributed by atoms with E-state index >= 15 is 0 Å². The van der Waals surface area contributed by atoms with Crippen LogP contribution in [0.2, 0.25) is 0 Å². The van der Waals surface area contributed by atoms with Crippen molar-refractivity contribution in [1.29, 1.82) is 0 Å². The smallest absolute Gasteiger partial charge is 0.123 e. The number of ether oxygens (including phenoxy) is 1. The number of rotatable bonds is 8. The Hall–Kier alpha value is -1.09. The summed E-state index contributed by atoms with van der Waals surface area (Å²) in [5, 5.41) is 3.53. The van der Waals surface area contributed by atoms with Gasteiger partial charge in [0.1, 0.15) is 11.6 Å². The molecule has 0 radical (unpaired) electrons. The van der Waals surface area contributed by atoms with Crippen LogP contribution in [-0.2, 0) is 0 Å². The van der Waals surface area contributed by atoms with Gasteiger partial charge in [-0.15, -0.1) is 0 Å². The monoisotopic (exact) mass is 267 g/mol. The molecule has 0 saturated carbocycles. The number of hydrogen-bond donors (Lipinski definition) is 1. The van der Waals surface area contributed by atoms with Crippen molar-refractivity contribution < 1.29 is 9.13 Å². The third kappa shape index (κ3) is 4.50. The van der Waals surface area contributed by atoms with E-state index in [9.17, 15) is 4.39 Å². The summed E-state index contributed by atoms with van der Waals surface area (Å²) in [6.45, 7) is 7.45. The van der Waals surface area contributed by atoms with Gasteiger partial charge in [0.25, 0.3) is 0 Å². The molecule has 0 saturated heterocycles. The predicted octanol–water partition coefficient (Wildman–Crippen LogP) is 4.31. The first-order valence-electron chi connectivity index (χ1n) is 7.20. The van der Waals surface area contributed by atoms with Gasteiger partial charge in [-0.3, -0.25) is 0 Å². The van der Waals surface area contributed by atoms with Crippen LogP contribution in [0.1, 0.15) is 51.6 Å². The zero-order chi connectivity index (χ0) is 14.3. The molecular weight excluding hydrogens is 241 g/mol. The number of nitrogens with one attached hydrogen (secondary N) is 1. The van der Waals surface area contributed by atoms with E-state index in [2.05, 4.69) is 26.1 Å². The van der Waals surface area contributed by atoms with Gasteiger partial charge < -0.3 is 10.1 Å². The standard InChI is InChI=1S/C16H26FNO/c1-5-7-12(3)16(18-10-6-2)14-11-13(17)8-9-15(14)19-4/h8-9,11-12,16,18H,5-7,10H2,1-4H3. The van der Waals surface area contributed by atoms with E-state index in [0.29, 0.717) is 5.92 Å². The minimum absolute atomic E-state index is 0.144. The lowest BCUT2D eigenvalue weighted by Crippen LogP contribution is -2.28. The third-order valence-corrected chi connectivity index (χ3v) is 3.45. The average Bonchev–Trinajstić information content (AvgIpc) is 2.40. The fourth-order valence-corrected chi connectivity index (χ4v) is 2.49. The Morgan fingerprint density at radius 2 is 2.00 bits per heavy atom. The molecule has 0 aliphatic rings. The second-order valence-electron chi connectivity index (χ2n) is 5.08. The lowest BCUT2D eigenvalue weighted by molar-refractivity contribution is 0.341. The van der Waals surface area contributed by atoms with Crippen molar-refractivity contribution >= 4 is 0 Å². The summed E-state index contributed by atoms with van der Waals surface area (Å²) in [5.74, 6) is 1.01. The Bertz CT molecular complexity index is 381. The summed E-state index contributed by atoms with van der Waals surface area (Å²) < 4.78 is 18.9. The Kier molecular flexibility index (Phi) is 6.85. The summed E-state index contributed by atoms with van der Waals surface area (Å²) in [7, 11) is 1.64. The molecule has 0 aliphatic carbocycles. The molecule has 1 N–H and O–H groups in total. The highest BCUT2D eigenvalue weighted by Gasteiger charge is 2.22. The molecule has 2 atom stereocenters. The Morgan fingerprint density at radius 1 is 1.26 bits per heavy atom. The molecular formula is C16H26FNO. The van der Waals surface area contributed by atoms with Crippen molar-refractivity contribution in [2.24, 2.45) is 5.92 Å². The molecule has 0 heterocycles. The van der Waals surface area contributed by atoms with Crippen LogP contribution in [0.4, 0.5) is 4.39 Å². The van der Waals surface area contributed by atoms with Gasteiger partial charge in [-0.25, -0.2) is 4.39 Å². The van der Waals surface area contributed by atoms with Crippen LogP contribution in [0.15, 0.2) is 18.2 Å². The highest BCUT2D eigenvalue weighted by atomic mass is 19.1. The van der Waals surface area contributed by atoms with Crippen LogP contribution in [0, 0.1) is 11.7 Å². The first-order chi connectivity index (χ1) is 9.13. The lowest BCUT2D eigenvalue weighted by atomic mass is 9.90. The number of halogens is 1. The van der Waals surface area contributed by atoms with Crippen molar-refractivity contribution in [2.75, 3.05) is 13.7 Å². The summed E-state index contributed by atoms with van der Waals surface area (Å²) in [4.78, 5) is 0. The molecule has 0 spiro atoms. The zero-order valence-electron chi connectivity index (χ0n) is 12.5. The van der Waals surface area contributed by atoms with E-state index in [-0.39, 0.29) is 11.9 Å². The normalized spacial score (nSPS) is 14.2. The van der Waals surface area contributed by atoms with Gasteiger partial charge in [0.2, 0.25) is 0 Å². The van der Waals surface area contributed by atoms with Crippen LogP contribution in [0.3, 0.4) is 0 Å². The van der Waals surface area contributed by atoms with Crippen LogP contribution in [0.5, 0.6) is 5.75 Å². The molecule has 1 aromatic rings. The molecule has 0 bridgehead atoms. The maximum absolute atomic E-state index is 13.5. The van der Waals surface area contributed by atoms with Gasteiger partial charge in [-0.05, 0) is 43.5 Å². The SMILES string of the molecule is CCCNC(c1cc(F)ccc1OC)C(C)CCC. The Balaban J connectivity index is 3.04. The van der Waals surface area contributed by atoms with E-state index in [0.717, 1.165) is 37.1 Å². The van der Waals surface area contributed by atoms with Crippen LogP contribution < -0.4 is 10.1 Å². The van der Waals surface area contributed by atoms with Gasteiger partial charge in [-0.1, -0.05) is 27.2 Å². The van der Waals surface area contributed by atoms with Crippen LogP contribution >= 0.6 is 0 Å². The molecule has 2 nitrogen and oxygen atoms in total. The third-order valence-electron chi connectivity index (χ3n) is 3.45. The van der Waals surface area contributed by atoms with Gasteiger partial charge in [0.15, 0.2) is 0 Å². The van der Waals surface area contributed by atoms with Crippen molar-refractivity contribution in [3.63, 3.8) is 0 Å². The van der Waals surface area contributed by atoms with E-state index < -0.39 is 0 Å². The van der Waals surface area contributed by atoms with Gasteiger partial charge in [0.05, 0.1) is 7.11 Å². The summed E-state index contributed by atoms with van der Waals surface area (Å²) in [5.41, 5.74) is 0.928. The van der Waals surface area contributed by atoms with Crippen molar-refractivity contribution in [2.45, 2.75) is 46.1 Å². The second-order valence-corrected chi connectivity index (χ2v) is 5.08. The van der Waals surface area contributed by atoms with Gasteiger partial charge in [0, 0.05) is 11.6 Å². The van der Waals surface area contributed by atoms with Gasteiger partial charge >= 0.3 is 0 Å².